The molecular formula is C8H6N4O8PtS2. The molecule has 0 aromatic carbocycles. The van der Waals surface area contributed by atoms with Gasteiger partial charge in [-0.15, -0.1) is 0 Å². The van der Waals surface area contributed by atoms with E-state index in [0.29, 0.717) is 11.6 Å². The first kappa shape index (κ1) is 23.8. The summed E-state index contributed by atoms with van der Waals surface area (Å²) in [7, 11) is -10.3. The van der Waals surface area contributed by atoms with E-state index in [9.17, 15) is 0 Å². The molecule has 0 radical (unpaired) electrons. The van der Waals surface area contributed by atoms with Crippen LogP contribution in [0, 0.1) is 0 Å². The quantitative estimate of drug-likeness (QED) is 0.288. The molecule has 0 spiro atoms. The van der Waals surface area contributed by atoms with Crippen molar-refractivity contribution in [1.82, 2.24) is 19.9 Å². The molecule has 0 N–H and O–H groups in total. The van der Waals surface area contributed by atoms with E-state index in [1.54, 1.807) is 36.9 Å². The summed E-state index contributed by atoms with van der Waals surface area (Å²) in [5.41, 5.74) is 0. The van der Waals surface area contributed by atoms with Gasteiger partial charge in [0.15, 0.2) is 11.6 Å². The molecule has 0 atom stereocenters. The topological polar surface area (TPSA) is 212 Å². The summed E-state index contributed by atoms with van der Waals surface area (Å²) < 4.78 is 68.2. The molecule has 12 nitrogen and oxygen atoms in total. The molecule has 0 aliphatic rings. The first-order valence-electron chi connectivity index (χ1n) is 4.84. The minimum absolute atomic E-state index is 0. The third-order valence-corrected chi connectivity index (χ3v) is 1.33. The van der Waals surface area contributed by atoms with E-state index >= 15 is 0 Å². The standard InChI is InChI=1S/C8H6N4.2H2O4S.Pt/c1-3-9-7(10-4-1)8-11-5-2-6-12-8;2*1-5(2,3)4;/h1-6H;2*(H2,1,2,3,4);/q;;;+4/p-4. The van der Waals surface area contributed by atoms with Crippen LogP contribution >= 0.6 is 0 Å². The van der Waals surface area contributed by atoms with Crippen LogP contribution in [0.15, 0.2) is 36.9 Å². The van der Waals surface area contributed by atoms with Crippen molar-refractivity contribution in [2.75, 3.05) is 0 Å². The van der Waals surface area contributed by atoms with Crippen molar-refractivity contribution in [3.63, 3.8) is 0 Å². The Kier molecular flexibility index (Phi) is 11.6. The van der Waals surface area contributed by atoms with Gasteiger partial charge in [-0.05, 0) is 12.1 Å². The van der Waals surface area contributed by atoms with E-state index in [1.165, 1.54) is 0 Å². The number of rotatable bonds is 1. The molecule has 0 aliphatic heterocycles. The minimum atomic E-state index is -5.17. The van der Waals surface area contributed by atoms with Gasteiger partial charge in [-0.2, -0.15) is 0 Å². The van der Waals surface area contributed by atoms with Crippen molar-refractivity contribution < 1.29 is 56.1 Å². The van der Waals surface area contributed by atoms with E-state index in [1.807, 2.05) is 0 Å². The van der Waals surface area contributed by atoms with Gasteiger partial charge in [0.05, 0.1) is 0 Å². The number of aromatic nitrogens is 4. The second-order valence-corrected chi connectivity index (χ2v) is 4.59. The average molecular weight is 545 g/mol. The second-order valence-electron chi connectivity index (χ2n) is 2.96. The van der Waals surface area contributed by atoms with Crippen LogP contribution in [-0.4, -0.2) is 55.0 Å². The largest absolute Gasteiger partial charge is 4.00 e. The Bertz CT molecular complexity index is 674. The predicted octanol–water partition coefficient (Wildman–Crippen LogP) is -1.74. The zero-order valence-corrected chi connectivity index (χ0v) is 14.6. The van der Waals surface area contributed by atoms with Gasteiger partial charge < -0.3 is 18.2 Å². The predicted molar refractivity (Wildman–Crippen MR) is 64.0 cm³/mol. The Morgan fingerprint density at radius 3 is 0.957 bits per heavy atom. The average Bonchev–Trinajstić information content (AvgIpc) is 2.37. The zero-order chi connectivity index (χ0) is 17.2. The molecular weight excluding hydrogens is 539 g/mol. The molecule has 23 heavy (non-hydrogen) atoms. The molecule has 0 saturated carbocycles. The molecule has 2 aromatic heterocycles. The van der Waals surface area contributed by atoms with Crippen LogP contribution in [0.2, 0.25) is 0 Å². The summed E-state index contributed by atoms with van der Waals surface area (Å²) >= 11 is 0. The summed E-state index contributed by atoms with van der Waals surface area (Å²) in [5, 5.41) is 0. The SMILES string of the molecule is O=S(=O)([O-])[O-].O=S(=O)([O-])[O-].[Pt+4].c1cnc(-c2ncccn2)nc1. The van der Waals surface area contributed by atoms with Gasteiger partial charge in [-0.1, -0.05) is 0 Å². The molecule has 0 saturated heterocycles. The molecule has 2 heterocycles. The summed E-state index contributed by atoms with van der Waals surface area (Å²) in [6, 6.07) is 3.51. The fraction of sp³-hybridized carbons (Fsp3) is 0. The maximum atomic E-state index is 8.52. The molecule has 2 aromatic rings. The molecule has 128 valence electrons. The van der Waals surface area contributed by atoms with E-state index in [0.717, 1.165) is 0 Å². The van der Waals surface area contributed by atoms with Crippen LogP contribution in [0.1, 0.15) is 0 Å². The Morgan fingerprint density at radius 2 is 0.783 bits per heavy atom. The second kappa shape index (κ2) is 11.2. The van der Waals surface area contributed by atoms with Crippen LogP contribution in [0.4, 0.5) is 0 Å². The van der Waals surface area contributed by atoms with Gasteiger partial charge in [0.25, 0.3) is 0 Å². The summed E-state index contributed by atoms with van der Waals surface area (Å²) in [4.78, 5) is 16.1. The molecule has 2 rings (SSSR count). The Labute approximate surface area is 145 Å². The maximum absolute atomic E-state index is 8.52. The molecule has 0 aliphatic carbocycles. The third kappa shape index (κ3) is 20.6. The molecule has 0 fully saturated rings. The Balaban J connectivity index is 0. The minimum Gasteiger partial charge on any atom is -0.759 e. The van der Waals surface area contributed by atoms with Gasteiger partial charge in [-0.25, -0.2) is 19.9 Å². The van der Waals surface area contributed by atoms with Gasteiger partial charge in [0.2, 0.25) is 0 Å². The Morgan fingerprint density at radius 1 is 0.609 bits per heavy atom. The van der Waals surface area contributed by atoms with Crippen molar-refractivity contribution in [2.24, 2.45) is 0 Å². The smallest absolute Gasteiger partial charge is 0.759 e. The molecule has 0 bridgehead atoms. The molecule has 0 unspecified atom stereocenters. The van der Waals surface area contributed by atoms with Crippen molar-refractivity contribution >= 4 is 20.8 Å². The fourth-order valence-corrected chi connectivity index (χ4v) is 0.829. The number of hydrogen-bond donors (Lipinski definition) is 0. The fourth-order valence-electron chi connectivity index (χ4n) is 0.829. The van der Waals surface area contributed by atoms with E-state index in [-0.39, 0.29) is 21.1 Å². The first-order chi connectivity index (χ1) is 9.97. The van der Waals surface area contributed by atoms with E-state index in [2.05, 4.69) is 19.9 Å². The van der Waals surface area contributed by atoms with Crippen molar-refractivity contribution in [3.8, 4) is 11.6 Å². The van der Waals surface area contributed by atoms with Crippen molar-refractivity contribution in [2.45, 2.75) is 0 Å². The molecule has 0 amide bonds. The monoisotopic (exact) mass is 545 g/mol. The normalized spacial score (nSPS) is 10.1. The number of nitrogens with zero attached hydrogens (tertiary/aromatic N) is 4. The van der Waals surface area contributed by atoms with Gasteiger partial charge in [-0.3, -0.25) is 16.8 Å². The van der Waals surface area contributed by atoms with Gasteiger partial charge in [0.1, 0.15) is 0 Å². The zero-order valence-electron chi connectivity index (χ0n) is 10.7. The van der Waals surface area contributed by atoms with E-state index < -0.39 is 20.8 Å². The third-order valence-electron chi connectivity index (χ3n) is 1.33. The summed E-state index contributed by atoms with van der Waals surface area (Å²) in [6.07, 6.45) is 6.66. The van der Waals surface area contributed by atoms with E-state index in [4.69, 9.17) is 35.0 Å². The van der Waals surface area contributed by atoms with Crippen LogP contribution in [0.25, 0.3) is 11.6 Å². The van der Waals surface area contributed by atoms with Gasteiger partial charge in [0, 0.05) is 45.6 Å². The van der Waals surface area contributed by atoms with Crippen molar-refractivity contribution in [1.29, 1.82) is 0 Å². The van der Waals surface area contributed by atoms with Crippen LogP contribution < -0.4 is 0 Å². The van der Waals surface area contributed by atoms with Crippen LogP contribution in [-0.2, 0) is 41.9 Å². The summed E-state index contributed by atoms with van der Waals surface area (Å²) in [6.45, 7) is 0. The maximum Gasteiger partial charge on any atom is 4.00 e. The first-order valence-corrected chi connectivity index (χ1v) is 7.51. The van der Waals surface area contributed by atoms with Gasteiger partial charge >= 0.3 is 21.1 Å². The Hall–Kier alpha value is -1.41. The number of hydrogen-bond acceptors (Lipinski definition) is 12. The molecule has 15 heteroatoms. The van der Waals surface area contributed by atoms with Crippen molar-refractivity contribution in [3.05, 3.63) is 36.9 Å². The summed E-state index contributed by atoms with van der Waals surface area (Å²) in [5.74, 6) is 1.11. The van der Waals surface area contributed by atoms with Crippen LogP contribution in [0.5, 0.6) is 0 Å². The van der Waals surface area contributed by atoms with Crippen LogP contribution in [0.3, 0.4) is 0 Å².